The number of aliphatic imine (C=N–C) groups is 1. The molecule has 4 N–H and O–H groups in total. The van der Waals surface area contributed by atoms with Gasteiger partial charge in [0.25, 0.3) is 0 Å². The molecule has 0 unspecified atom stereocenters. The fourth-order valence-electron chi connectivity index (χ4n) is 3.30. The number of urea groups is 1. The number of nitrogens with zero attached hydrogens (tertiary/aromatic N) is 2. The van der Waals surface area contributed by atoms with E-state index in [4.69, 9.17) is 10.5 Å². The van der Waals surface area contributed by atoms with Crippen molar-refractivity contribution in [1.29, 1.82) is 0 Å². The maximum atomic E-state index is 14.0. The maximum absolute atomic E-state index is 14.0. The van der Waals surface area contributed by atoms with Crippen LogP contribution in [0.25, 0.3) is 0 Å². The third-order valence-electron chi connectivity index (χ3n) is 4.93. The van der Waals surface area contributed by atoms with E-state index in [1.54, 1.807) is 29.2 Å². The van der Waals surface area contributed by atoms with Gasteiger partial charge in [0.1, 0.15) is 5.75 Å². The van der Waals surface area contributed by atoms with Crippen molar-refractivity contribution in [3.8, 4) is 11.5 Å². The van der Waals surface area contributed by atoms with Gasteiger partial charge >= 0.3 is 6.03 Å². The number of halogens is 1. The van der Waals surface area contributed by atoms with Crippen molar-refractivity contribution < 1.29 is 13.9 Å². The Kier molecular flexibility index (Phi) is 7.48. The van der Waals surface area contributed by atoms with Crippen LogP contribution < -0.4 is 21.1 Å². The predicted octanol–water partition coefficient (Wildman–Crippen LogP) is 3.22. The Morgan fingerprint density at radius 1 is 1.17 bits per heavy atom. The van der Waals surface area contributed by atoms with Gasteiger partial charge in [-0.3, -0.25) is 0 Å². The second-order valence-corrected chi connectivity index (χ2v) is 7.08. The number of carbonyl (C=O) groups is 1. The van der Waals surface area contributed by atoms with Crippen LogP contribution in [0.2, 0.25) is 0 Å². The number of carbonyl (C=O) groups excluding carboxylic acids is 1. The van der Waals surface area contributed by atoms with E-state index in [2.05, 4.69) is 15.6 Å². The highest BCUT2D eigenvalue weighted by Crippen LogP contribution is 2.27. The molecule has 1 fully saturated rings. The highest BCUT2D eigenvalue weighted by molar-refractivity contribution is 5.80. The third-order valence-corrected chi connectivity index (χ3v) is 4.93. The minimum Gasteiger partial charge on any atom is -0.454 e. The minimum atomic E-state index is -0.409. The maximum Gasteiger partial charge on any atom is 0.314 e. The average molecular weight is 413 g/mol. The Bertz CT molecular complexity index is 881. The van der Waals surface area contributed by atoms with E-state index in [9.17, 15) is 9.18 Å². The van der Waals surface area contributed by atoms with Gasteiger partial charge in [-0.25, -0.2) is 14.2 Å². The van der Waals surface area contributed by atoms with Gasteiger partial charge in [0.15, 0.2) is 17.5 Å². The van der Waals surface area contributed by atoms with Crippen LogP contribution in [0.4, 0.5) is 9.18 Å². The van der Waals surface area contributed by atoms with E-state index >= 15 is 0 Å². The molecule has 0 bridgehead atoms. The molecule has 2 aromatic carbocycles. The number of amides is 2. The number of hydrogen-bond donors (Lipinski definition) is 3. The number of primary amides is 1. The molecule has 1 heterocycles. The molecule has 1 saturated heterocycles. The summed E-state index contributed by atoms with van der Waals surface area (Å²) >= 11 is 0. The van der Waals surface area contributed by atoms with E-state index in [0.717, 1.165) is 24.9 Å². The van der Waals surface area contributed by atoms with Gasteiger partial charge in [-0.2, -0.15) is 0 Å². The number of nitrogens with two attached hydrogens (primary N) is 1. The minimum absolute atomic E-state index is 0.181. The zero-order valence-corrected chi connectivity index (χ0v) is 17.1. The van der Waals surface area contributed by atoms with Crippen LogP contribution in [0.3, 0.4) is 0 Å². The van der Waals surface area contributed by atoms with Crippen molar-refractivity contribution in [3.63, 3.8) is 0 Å². The molecule has 0 radical (unpaired) electrons. The second-order valence-electron chi connectivity index (χ2n) is 7.08. The van der Waals surface area contributed by atoms with Gasteiger partial charge in [0.2, 0.25) is 0 Å². The van der Waals surface area contributed by atoms with Crippen molar-refractivity contribution in [3.05, 3.63) is 59.9 Å². The highest BCUT2D eigenvalue weighted by atomic mass is 19.1. The summed E-state index contributed by atoms with van der Waals surface area (Å²) in [5, 5.41) is 6.67. The Morgan fingerprint density at radius 2 is 1.83 bits per heavy atom. The molecular weight excluding hydrogens is 385 g/mol. The normalized spacial score (nSPS) is 15.0. The van der Waals surface area contributed by atoms with Crippen molar-refractivity contribution in [2.45, 2.75) is 32.4 Å². The molecule has 160 valence electrons. The Hall–Kier alpha value is -3.29. The summed E-state index contributed by atoms with van der Waals surface area (Å²) in [6.45, 7) is 4.36. The lowest BCUT2D eigenvalue weighted by atomic mass is 10.1. The first kappa shape index (κ1) is 21.4. The number of guanidine groups is 1. The molecule has 0 spiro atoms. The Morgan fingerprint density at radius 3 is 2.50 bits per heavy atom. The van der Waals surface area contributed by atoms with Crippen LogP contribution in [-0.4, -0.2) is 42.6 Å². The molecule has 2 aromatic rings. The van der Waals surface area contributed by atoms with E-state index in [-0.39, 0.29) is 17.8 Å². The lowest BCUT2D eigenvalue weighted by Crippen LogP contribution is -2.50. The number of piperidine rings is 1. The molecule has 30 heavy (non-hydrogen) atoms. The van der Waals surface area contributed by atoms with Crippen LogP contribution in [0, 0.1) is 5.82 Å². The molecule has 0 aliphatic carbocycles. The second kappa shape index (κ2) is 10.5. The lowest BCUT2D eigenvalue weighted by Gasteiger charge is -2.32. The summed E-state index contributed by atoms with van der Waals surface area (Å²) in [6.07, 6.45) is 1.61. The van der Waals surface area contributed by atoms with Crippen molar-refractivity contribution in [1.82, 2.24) is 15.5 Å². The van der Waals surface area contributed by atoms with Gasteiger partial charge < -0.3 is 26.0 Å². The quantitative estimate of drug-likeness (QED) is 0.501. The molecule has 1 aliphatic rings. The van der Waals surface area contributed by atoms with Crippen LogP contribution in [0.15, 0.2) is 53.5 Å². The molecule has 2 amide bonds. The fraction of sp³-hybridized carbons (Fsp3) is 0.364. The van der Waals surface area contributed by atoms with Gasteiger partial charge in [-0.15, -0.1) is 0 Å². The van der Waals surface area contributed by atoms with Crippen molar-refractivity contribution in [2.24, 2.45) is 10.7 Å². The number of rotatable bonds is 6. The largest absolute Gasteiger partial charge is 0.454 e. The summed E-state index contributed by atoms with van der Waals surface area (Å²) in [6, 6.07) is 13.6. The topological polar surface area (TPSA) is 92.0 Å². The summed E-state index contributed by atoms with van der Waals surface area (Å²) in [5.74, 6) is 1.03. The zero-order chi connectivity index (χ0) is 21.3. The van der Waals surface area contributed by atoms with Gasteiger partial charge in [-0.05, 0) is 38.0 Å². The van der Waals surface area contributed by atoms with Gasteiger partial charge in [0, 0.05) is 31.2 Å². The van der Waals surface area contributed by atoms with E-state index in [0.29, 0.717) is 31.3 Å². The van der Waals surface area contributed by atoms with E-state index < -0.39 is 5.82 Å². The molecule has 0 atom stereocenters. The Balaban J connectivity index is 1.66. The molecule has 3 rings (SSSR count). The number of benzene rings is 2. The Labute approximate surface area is 176 Å². The first-order valence-electron chi connectivity index (χ1n) is 10.2. The summed E-state index contributed by atoms with van der Waals surface area (Å²) in [4.78, 5) is 17.6. The van der Waals surface area contributed by atoms with Crippen LogP contribution in [0.5, 0.6) is 11.5 Å². The predicted molar refractivity (Wildman–Crippen MR) is 115 cm³/mol. The molecule has 1 aliphatic heterocycles. The van der Waals surface area contributed by atoms with E-state index in [1.807, 2.05) is 25.1 Å². The van der Waals surface area contributed by atoms with E-state index in [1.165, 1.54) is 6.07 Å². The molecule has 8 heteroatoms. The highest BCUT2D eigenvalue weighted by Gasteiger charge is 2.21. The van der Waals surface area contributed by atoms with Crippen molar-refractivity contribution >= 4 is 12.0 Å². The van der Waals surface area contributed by atoms with Gasteiger partial charge in [-0.1, -0.05) is 30.3 Å². The lowest BCUT2D eigenvalue weighted by molar-refractivity contribution is 0.188. The molecule has 0 aromatic heterocycles. The smallest absolute Gasteiger partial charge is 0.314 e. The number of likely N-dealkylation sites (tertiary alicyclic amines) is 1. The molecule has 7 nitrogen and oxygen atoms in total. The summed E-state index contributed by atoms with van der Waals surface area (Å²) in [7, 11) is 0. The molecule has 0 saturated carbocycles. The third kappa shape index (κ3) is 5.85. The zero-order valence-electron chi connectivity index (χ0n) is 17.1. The number of nitrogens with one attached hydrogen (secondary N) is 2. The summed E-state index contributed by atoms with van der Waals surface area (Å²) < 4.78 is 19.7. The first-order valence-corrected chi connectivity index (χ1v) is 10.2. The molecular formula is C22H28FN5O2. The SMILES string of the molecule is CCNC(=NCc1ccccc1Oc1ccccc1F)NC1CCN(C(N)=O)CC1. The number of para-hydroxylation sites is 2. The fourth-order valence-corrected chi connectivity index (χ4v) is 3.30. The van der Waals surface area contributed by atoms with Crippen molar-refractivity contribution in [2.75, 3.05) is 19.6 Å². The standard InChI is InChI=1S/C22H28FN5O2/c1-2-25-22(27-17-11-13-28(14-12-17)21(24)29)26-15-16-7-3-5-9-19(16)30-20-10-6-4-8-18(20)23/h3-10,17H,2,11-15H2,1H3,(H2,24,29)(H2,25,26,27). The monoisotopic (exact) mass is 413 g/mol. The first-order chi connectivity index (χ1) is 14.6. The number of hydrogen-bond acceptors (Lipinski definition) is 3. The van der Waals surface area contributed by atoms with Crippen LogP contribution >= 0.6 is 0 Å². The van der Waals surface area contributed by atoms with Crippen LogP contribution in [0.1, 0.15) is 25.3 Å². The average Bonchev–Trinajstić information content (AvgIpc) is 2.75. The van der Waals surface area contributed by atoms with Crippen LogP contribution in [-0.2, 0) is 6.54 Å². The summed E-state index contributed by atoms with van der Waals surface area (Å²) in [5.41, 5.74) is 6.20. The number of ether oxygens (including phenoxy) is 1. The van der Waals surface area contributed by atoms with Gasteiger partial charge in [0.05, 0.1) is 6.54 Å².